The zero-order chi connectivity index (χ0) is 15.3. The number of nitrogens with one attached hydrogen (secondary N) is 1. The lowest BCUT2D eigenvalue weighted by Gasteiger charge is -2.12. The van der Waals surface area contributed by atoms with E-state index < -0.39 is 11.6 Å². The van der Waals surface area contributed by atoms with Gasteiger partial charge in [0.05, 0.1) is 6.07 Å². The summed E-state index contributed by atoms with van der Waals surface area (Å²) >= 11 is 1.42. The van der Waals surface area contributed by atoms with Gasteiger partial charge in [-0.15, -0.1) is 11.3 Å². The highest BCUT2D eigenvalue weighted by Crippen LogP contribution is 2.37. The zero-order valence-corrected chi connectivity index (χ0v) is 12.4. The average Bonchev–Trinajstić information content (AvgIpc) is 2.92. The van der Waals surface area contributed by atoms with Gasteiger partial charge in [0, 0.05) is 16.3 Å². The molecular weight excluding hydrogens is 317 g/mol. The Morgan fingerprint density at radius 2 is 1.95 bits per heavy atom. The van der Waals surface area contributed by atoms with Gasteiger partial charge in [0.2, 0.25) is 0 Å². The number of rotatable bonds is 5. The van der Waals surface area contributed by atoms with Crippen LogP contribution in [-0.2, 0) is 6.54 Å². The molecule has 21 heavy (non-hydrogen) atoms. The molecule has 0 saturated carbocycles. The molecule has 1 N–H and O–H groups in total. The van der Waals surface area contributed by atoms with Crippen molar-refractivity contribution in [2.24, 2.45) is 0 Å². The molecule has 1 aromatic carbocycles. The van der Waals surface area contributed by atoms with Crippen LogP contribution in [0.3, 0.4) is 0 Å². The van der Waals surface area contributed by atoms with Crippen LogP contribution in [0.15, 0.2) is 46.7 Å². The van der Waals surface area contributed by atoms with E-state index in [1.54, 1.807) is 23.5 Å². The molecule has 2 aromatic rings. The molecule has 0 bridgehead atoms. The van der Waals surface area contributed by atoms with Gasteiger partial charge in [-0.3, -0.25) is 5.32 Å². The Bertz CT molecular complexity index is 601. The lowest BCUT2D eigenvalue weighted by molar-refractivity contribution is -0.0328. The third-order valence-corrected chi connectivity index (χ3v) is 4.25. The van der Waals surface area contributed by atoms with Crippen LogP contribution < -0.4 is 5.32 Å². The lowest BCUT2D eigenvalue weighted by Crippen LogP contribution is -2.18. The first kappa shape index (κ1) is 15.9. The molecule has 0 spiro atoms. The smallest absolute Gasteiger partial charge is 0.293 e. The fraction of sp³-hybridized carbons (Fsp3) is 0.214. The summed E-state index contributed by atoms with van der Waals surface area (Å²) in [5, 5.41) is 14.2. The molecule has 0 aliphatic rings. The maximum Gasteiger partial charge on any atom is 0.446 e. The maximum atomic E-state index is 12.2. The average molecular weight is 328 g/mol. The highest BCUT2D eigenvalue weighted by atomic mass is 32.2. The molecule has 0 amide bonds. The number of hydrogen-bond acceptors (Lipinski definition) is 4. The van der Waals surface area contributed by atoms with Crippen LogP contribution in [0.5, 0.6) is 0 Å². The van der Waals surface area contributed by atoms with Crippen LogP contribution in [0, 0.1) is 11.3 Å². The number of halogens is 3. The molecule has 0 saturated heterocycles. The second-order valence-electron chi connectivity index (χ2n) is 4.14. The van der Waals surface area contributed by atoms with E-state index in [-0.39, 0.29) is 16.7 Å². The largest absolute Gasteiger partial charge is 0.446 e. The Labute approximate surface area is 128 Å². The monoisotopic (exact) mass is 328 g/mol. The van der Waals surface area contributed by atoms with Crippen molar-refractivity contribution in [3.05, 3.63) is 52.2 Å². The van der Waals surface area contributed by atoms with Crippen molar-refractivity contribution in [2.75, 3.05) is 0 Å². The van der Waals surface area contributed by atoms with Crippen LogP contribution >= 0.6 is 23.1 Å². The molecule has 7 heteroatoms. The van der Waals surface area contributed by atoms with E-state index in [1.165, 1.54) is 12.1 Å². The predicted octanol–water partition coefficient (Wildman–Crippen LogP) is 4.71. The summed E-state index contributed by atoms with van der Waals surface area (Å²) in [6.45, 7) is 0.551. The second-order valence-corrected chi connectivity index (χ2v) is 6.31. The van der Waals surface area contributed by atoms with Gasteiger partial charge in [0.25, 0.3) is 0 Å². The van der Waals surface area contributed by atoms with Gasteiger partial charge in [-0.2, -0.15) is 18.4 Å². The molecule has 0 aliphatic heterocycles. The van der Waals surface area contributed by atoms with E-state index >= 15 is 0 Å². The predicted molar refractivity (Wildman–Crippen MR) is 77.9 cm³/mol. The summed E-state index contributed by atoms with van der Waals surface area (Å²) in [5.74, 6) is 0. The van der Waals surface area contributed by atoms with Crippen molar-refractivity contribution >= 4 is 23.1 Å². The number of thioether (sulfide) groups is 1. The Balaban J connectivity index is 2.00. The zero-order valence-electron chi connectivity index (χ0n) is 10.7. The molecule has 1 unspecified atom stereocenters. The van der Waals surface area contributed by atoms with Crippen LogP contribution in [0.2, 0.25) is 0 Å². The number of hydrogen-bond donors (Lipinski definition) is 1. The van der Waals surface area contributed by atoms with E-state index in [0.717, 1.165) is 4.88 Å². The quantitative estimate of drug-likeness (QED) is 0.807. The van der Waals surface area contributed by atoms with Gasteiger partial charge in [0.15, 0.2) is 0 Å². The van der Waals surface area contributed by atoms with Crippen LogP contribution in [0.25, 0.3) is 0 Å². The van der Waals surface area contributed by atoms with E-state index in [1.807, 2.05) is 17.5 Å². The number of nitrogens with zero attached hydrogens (tertiary/aromatic N) is 1. The summed E-state index contributed by atoms with van der Waals surface area (Å²) in [5.41, 5.74) is -3.64. The number of nitriles is 1. The van der Waals surface area contributed by atoms with Gasteiger partial charge in [-0.1, -0.05) is 18.2 Å². The first-order valence-corrected chi connectivity index (χ1v) is 7.68. The molecule has 0 fully saturated rings. The van der Waals surface area contributed by atoms with Gasteiger partial charge < -0.3 is 0 Å². The second kappa shape index (κ2) is 6.98. The molecule has 1 aromatic heterocycles. The summed E-state index contributed by atoms with van der Waals surface area (Å²) in [6.07, 6.45) is 0. The minimum absolute atomic E-state index is 0.112. The van der Waals surface area contributed by atoms with Gasteiger partial charge in [-0.25, -0.2) is 0 Å². The van der Waals surface area contributed by atoms with Crippen molar-refractivity contribution in [3.63, 3.8) is 0 Å². The molecule has 2 nitrogen and oxygen atoms in total. The molecule has 2 rings (SSSR count). The first-order chi connectivity index (χ1) is 9.98. The lowest BCUT2D eigenvalue weighted by atomic mass is 10.1. The van der Waals surface area contributed by atoms with E-state index in [4.69, 9.17) is 5.26 Å². The third kappa shape index (κ3) is 5.08. The maximum absolute atomic E-state index is 12.2. The fourth-order valence-electron chi connectivity index (χ4n) is 1.72. The molecule has 1 atom stereocenters. The molecule has 0 aliphatic carbocycles. The number of benzene rings is 1. The van der Waals surface area contributed by atoms with Crippen LogP contribution in [-0.4, -0.2) is 5.51 Å². The highest BCUT2D eigenvalue weighted by molar-refractivity contribution is 8.00. The van der Waals surface area contributed by atoms with E-state index in [9.17, 15) is 13.2 Å². The Hall–Kier alpha value is -1.49. The highest BCUT2D eigenvalue weighted by Gasteiger charge is 2.29. The standard InChI is InChI=1S/C14H11F3N2S2/c15-14(16,17)21-11-5-3-10(4-6-11)13(8-18)19-9-12-2-1-7-20-12/h1-7,13,19H,9H2. The summed E-state index contributed by atoms with van der Waals surface area (Å²) < 4.78 is 36.7. The van der Waals surface area contributed by atoms with Crippen molar-refractivity contribution < 1.29 is 13.2 Å². The molecule has 1 heterocycles. The number of alkyl halides is 3. The topological polar surface area (TPSA) is 35.8 Å². The Kier molecular flexibility index (Phi) is 5.28. The molecule has 110 valence electrons. The number of thiophene rings is 1. The van der Waals surface area contributed by atoms with Gasteiger partial charge >= 0.3 is 5.51 Å². The minimum Gasteiger partial charge on any atom is -0.293 e. The SMILES string of the molecule is N#CC(NCc1cccs1)c1ccc(SC(F)(F)F)cc1. The first-order valence-electron chi connectivity index (χ1n) is 5.99. The normalized spacial score (nSPS) is 12.9. The van der Waals surface area contributed by atoms with Gasteiger partial charge in [0.1, 0.15) is 6.04 Å². The molecular formula is C14H11F3N2S2. The fourth-order valence-corrected chi connectivity index (χ4v) is 2.91. The summed E-state index contributed by atoms with van der Waals surface area (Å²) in [7, 11) is 0. The van der Waals surface area contributed by atoms with Gasteiger partial charge in [-0.05, 0) is 40.9 Å². The third-order valence-electron chi connectivity index (χ3n) is 2.64. The summed E-state index contributed by atoms with van der Waals surface area (Å²) in [6, 6.07) is 11.3. The van der Waals surface area contributed by atoms with Crippen LogP contribution in [0.4, 0.5) is 13.2 Å². The Morgan fingerprint density at radius 3 is 2.48 bits per heavy atom. The Morgan fingerprint density at radius 1 is 1.24 bits per heavy atom. The van der Waals surface area contributed by atoms with E-state index in [2.05, 4.69) is 11.4 Å². The van der Waals surface area contributed by atoms with Crippen molar-refractivity contribution in [2.45, 2.75) is 23.0 Å². The minimum atomic E-state index is -4.30. The summed E-state index contributed by atoms with van der Waals surface area (Å²) in [4.78, 5) is 1.21. The van der Waals surface area contributed by atoms with Crippen LogP contribution in [0.1, 0.15) is 16.5 Å². The molecule has 0 radical (unpaired) electrons. The van der Waals surface area contributed by atoms with Crippen molar-refractivity contribution in [3.8, 4) is 6.07 Å². The van der Waals surface area contributed by atoms with E-state index in [0.29, 0.717) is 12.1 Å². The van der Waals surface area contributed by atoms with Crippen molar-refractivity contribution in [1.82, 2.24) is 5.32 Å². The van der Waals surface area contributed by atoms with Crippen molar-refractivity contribution in [1.29, 1.82) is 5.26 Å².